The first kappa shape index (κ1) is 14.9. The van der Waals surface area contributed by atoms with E-state index in [1.165, 1.54) is 0 Å². The van der Waals surface area contributed by atoms with Gasteiger partial charge < -0.3 is 20.2 Å². The fourth-order valence-electron chi connectivity index (χ4n) is 2.28. The molecule has 0 saturated carbocycles. The lowest BCUT2D eigenvalue weighted by atomic mass is 10.2. The van der Waals surface area contributed by atoms with Crippen molar-refractivity contribution in [3.8, 4) is 5.75 Å². The minimum Gasteiger partial charge on any atom is -0.494 e. The lowest BCUT2D eigenvalue weighted by molar-refractivity contribution is 0.0949. The standard InChI is InChI=1S/C17H17N3O3/c1-2-22-12-6-5-11-8-13(23-15(11)9-12)10-20-17(21)14-4-3-7-19-16(14)18/h3-9H,2,10H2,1H3,(H2,18,19)(H,20,21). The molecule has 2 aromatic heterocycles. The van der Waals surface area contributed by atoms with Gasteiger partial charge in [0.1, 0.15) is 22.9 Å². The Labute approximate surface area is 133 Å². The normalized spacial score (nSPS) is 10.7. The van der Waals surface area contributed by atoms with Gasteiger partial charge in [-0.2, -0.15) is 0 Å². The average molecular weight is 311 g/mol. The van der Waals surface area contributed by atoms with Gasteiger partial charge in [-0.25, -0.2) is 4.98 Å². The smallest absolute Gasteiger partial charge is 0.255 e. The molecule has 6 heteroatoms. The molecule has 3 aromatic rings. The third kappa shape index (κ3) is 3.26. The molecular weight excluding hydrogens is 294 g/mol. The van der Waals surface area contributed by atoms with Crippen molar-refractivity contribution in [2.75, 3.05) is 12.3 Å². The largest absolute Gasteiger partial charge is 0.494 e. The van der Waals surface area contributed by atoms with Crippen molar-refractivity contribution < 1.29 is 13.9 Å². The lowest BCUT2D eigenvalue weighted by Crippen LogP contribution is -2.23. The molecule has 3 N–H and O–H groups in total. The van der Waals surface area contributed by atoms with Crippen LogP contribution in [0.4, 0.5) is 5.82 Å². The Morgan fingerprint density at radius 3 is 3.00 bits per heavy atom. The third-order valence-electron chi connectivity index (χ3n) is 3.36. The highest BCUT2D eigenvalue weighted by Crippen LogP contribution is 2.24. The van der Waals surface area contributed by atoms with Crippen LogP contribution in [0.5, 0.6) is 5.75 Å². The summed E-state index contributed by atoms with van der Waals surface area (Å²) in [5, 5.41) is 3.73. The summed E-state index contributed by atoms with van der Waals surface area (Å²) in [5.74, 6) is 1.33. The van der Waals surface area contributed by atoms with Gasteiger partial charge in [0, 0.05) is 17.6 Å². The van der Waals surface area contributed by atoms with E-state index in [0.717, 1.165) is 16.7 Å². The van der Waals surface area contributed by atoms with Gasteiger partial charge >= 0.3 is 0 Å². The van der Waals surface area contributed by atoms with E-state index in [4.69, 9.17) is 14.9 Å². The van der Waals surface area contributed by atoms with Gasteiger partial charge in [0.2, 0.25) is 0 Å². The van der Waals surface area contributed by atoms with Crippen LogP contribution in [0.3, 0.4) is 0 Å². The van der Waals surface area contributed by atoms with Crippen LogP contribution in [0.2, 0.25) is 0 Å². The Morgan fingerprint density at radius 1 is 1.35 bits per heavy atom. The quantitative estimate of drug-likeness (QED) is 0.756. The van der Waals surface area contributed by atoms with Crippen molar-refractivity contribution in [2.24, 2.45) is 0 Å². The van der Waals surface area contributed by atoms with E-state index in [-0.39, 0.29) is 18.3 Å². The van der Waals surface area contributed by atoms with Crippen LogP contribution in [0.1, 0.15) is 23.0 Å². The molecular formula is C17H17N3O3. The zero-order valence-corrected chi connectivity index (χ0v) is 12.7. The first-order chi connectivity index (χ1) is 11.2. The number of carbonyl (C=O) groups excluding carboxylic acids is 1. The second-order valence-corrected chi connectivity index (χ2v) is 4.96. The lowest BCUT2D eigenvalue weighted by Gasteiger charge is -2.04. The maximum atomic E-state index is 12.1. The number of furan rings is 1. The number of ether oxygens (including phenoxy) is 1. The van der Waals surface area contributed by atoms with Crippen LogP contribution >= 0.6 is 0 Å². The molecule has 6 nitrogen and oxygen atoms in total. The molecule has 1 amide bonds. The maximum absolute atomic E-state index is 12.1. The Kier molecular flexibility index (Phi) is 4.14. The molecule has 0 aliphatic rings. The number of fused-ring (bicyclic) bond motifs is 1. The predicted molar refractivity (Wildman–Crippen MR) is 87.2 cm³/mol. The van der Waals surface area contributed by atoms with Gasteiger partial charge in [-0.15, -0.1) is 0 Å². The third-order valence-corrected chi connectivity index (χ3v) is 3.36. The molecule has 0 spiro atoms. The van der Waals surface area contributed by atoms with Crippen molar-refractivity contribution >= 4 is 22.7 Å². The highest BCUT2D eigenvalue weighted by Gasteiger charge is 2.11. The number of nitrogens with zero attached hydrogens (tertiary/aromatic N) is 1. The molecule has 2 heterocycles. The van der Waals surface area contributed by atoms with Crippen molar-refractivity contribution in [1.29, 1.82) is 0 Å². The summed E-state index contributed by atoms with van der Waals surface area (Å²) in [6.07, 6.45) is 1.54. The Hall–Kier alpha value is -3.02. The number of pyridine rings is 1. The fourth-order valence-corrected chi connectivity index (χ4v) is 2.28. The number of hydrogen-bond donors (Lipinski definition) is 2. The number of aromatic nitrogens is 1. The van der Waals surface area contributed by atoms with Crippen LogP contribution in [0, 0.1) is 0 Å². The zero-order valence-electron chi connectivity index (χ0n) is 12.7. The monoisotopic (exact) mass is 311 g/mol. The van der Waals surface area contributed by atoms with Crippen LogP contribution in [0.15, 0.2) is 47.0 Å². The van der Waals surface area contributed by atoms with Crippen LogP contribution in [-0.4, -0.2) is 17.5 Å². The van der Waals surface area contributed by atoms with E-state index >= 15 is 0 Å². The minimum absolute atomic E-state index is 0.205. The van der Waals surface area contributed by atoms with Gasteiger partial charge in [0.15, 0.2) is 0 Å². The molecule has 3 rings (SSSR count). The Bertz CT molecular complexity index is 842. The van der Waals surface area contributed by atoms with Crippen LogP contribution < -0.4 is 15.8 Å². The molecule has 0 aliphatic carbocycles. The second-order valence-electron chi connectivity index (χ2n) is 4.96. The number of anilines is 1. The van der Waals surface area contributed by atoms with E-state index < -0.39 is 0 Å². The number of benzene rings is 1. The van der Waals surface area contributed by atoms with Crippen LogP contribution in [0.25, 0.3) is 11.0 Å². The Balaban J connectivity index is 1.72. The van der Waals surface area contributed by atoms with Crippen molar-refractivity contribution in [2.45, 2.75) is 13.5 Å². The van der Waals surface area contributed by atoms with Gasteiger partial charge in [-0.3, -0.25) is 4.79 Å². The van der Waals surface area contributed by atoms with Crippen LogP contribution in [-0.2, 0) is 6.54 Å². The van der Waals surface area contributed by atoms with E-state index in [1.54, 1.807) is 18.3 Å². The molecule has 0 saturated heterocycles. The summed E-state index contributed by atoms with van der Waals surface area (Å²) < 4.78 is 11.2. The highest BCUT2D eigenvalue weighted by molar-refractivity contribution is 5.98. The molecule has 23 heavy (non-hydrogen) atoms. The number of nitrogen functional groups attached to an aromatic ring is 1. The number of hydrogen-bond acceptors (Lipinski definition) is 5. The molecule has 0 atom stereocenters. The summed E-state index contributed by atoms with van der Waals surface area (Å²) in [6, 6.07) is 10.8. The van der Waals surface area contributed by atoms with Crippen molar-refractivity contribution in [3.63, 3.8) is 0 Å². The summed E-state index contributed by atoms with van der Waals surface area (Å²) in [4.78, 5) is 16.0. The molecule has 0 radical (unpaired) electrons. The van der Waals surface area contributed by atoms with Crippen molar-refractivity contribution in [3.05, 3.63) is 53.9 Å². The maximum Gasteiger partial charge on any atom is 0.255 e. The molecule has 0 fully saturated rings. The zero-order chi connectivity index (χ0) is 16.2. The predicted octanol–water partition coefficient (Wildman–Crippen LogP) is 2.74. The van der Waals surface area contributed by atoms with E-state index in [1.807, 2.05) is 31.2 Å². The van der Waals surface area contributed by atoms with Gasteiger partial charge in [-0.1, -0.05) is 0 Å². The molecule has 0 aliphatic heterocycles. The molecule has 118 valence electrons. The molecule has 1 aromatic carbocycles. The summed E-state index contributed by atoms with van der Waals surface area (Å²) >= 11 is 0. The first-order valence-electron chi connectivity index (χ1n) is 7.31. The van der Waals surface area contributed by atoms with E-state index in [0.29, 0.717) is 17.9 Å². The summed E-state index contributed by atoms with van der Waals surface area (Å²) in [5.41, 5.74) is 6.76. The van der Waals surface area contributed by atoms with Gasteiger partial charge in [-0.05, 0) is 37.3 Å². The number of nitrogens with one attached hydrogen (secondary N) is 1. The van der Waals surface area contributed by atoms with E-state index in [2.05, 4.69) is 10.3 Å². The summed E-state index contributed by atoms with van der Waals surface area (Å²) in [6.45, 7) is 2.80. The molecule has 0 unspecified atom stereocenters. The molecule has 0 bridgehead atoms. The van der Waals surface area contributed by atoms with Gasteiger partial charge in [0.25, 0.3) is 5.91 Å². The average Bonchev–Trinajstić information content (AvgIpc) is 2.95. The van der Waals surface area contributed by atoms with Gasteiger partial charge in [0.05, 0.1) is 18.7 Å². The topological polar surface area (TPSA) is 90.4 Å². The fraction of sp³-hybridized carbons (Fsp3) is 0.176. The van der Waals surface area contributed by atoms with E-state index in [9.17, 15) is 4.79 Å². The number of amides is 1. The number of rotatable bonds is 5. The minimum atomic E-state index is -0.286. The number of carbonyl (C=O) groups is 1. The Morgan fingerprint density at radius 2 is 2.22 bits per heavy atom. The highest BCUT2D eigenvalue weighted by atomic mass is 16.5. The first-order valence-corrected chi connectivity index (χ1v) is 7.31. The SMILES string of the molecule is CCOc1ccc2cc(CNC(=O)c3cccnc3N)oc2c1. The van der Waals surface area contributed by atoms with Crippen molar-refractivity contribution in [1.82, 2.24) is 10.3 Å². The number of nitrogens with two attached hydrogens (primary N) is 1. The second kappa shape index (κ2) is 6.39. The summed E-state index contributed by atoms with van der Waals surface area (Å²) in [7, 11) is 0.